The second-order valence-corrected chi connectivity index (χ2v) is 8.79. The SMILES string of the molecule is COc1ccc(C(=O)Nc2nnc(SCC(=O)Nc3ccc4c(c3)OCCO4)s2)cc1OC. The van der Waals surface area contributed by atoms with Crippen LogP contribution < -0.4 is 29.6 Å². The minimum Gasteiger partial charge on any atom is -0.493 e. The first kappa shape index (κ1) is 22.7. The molecule has 0 fully saturated rings. The van der Waals surface area contributed by atoms with E-state index in [1.807, 2.05) is 0 Å². The molecule has 1 aliphatic rings. The fraction of sp³-hybridized carbons (Fsp3) is 0.238. The fourth-order valence-electron chi connectivity index (χ4n) is 2.91. The van der Waals surface area contributed by atoms with Gasteiger partial charge in [-0.05, 0) is 30.3 Å². The van der Waals surface area contributed by atoms with Crippen molar-refractivity contribution in [3.05, 3.63) is 42.0 Å². The Labute approximate surface area is 197 Å². The lowest BCUT2D eigenvalue weighted by molar-refractivity contribution is -0.113. The number of amides is 2. The predicted molar refractivity (Wildman–Crippen MR) is 124 cm³/mol. The molecular weight excluding hydrogens is 468 g/mol. The Bertz CT molecular complexity index is 1170. The number of hydrogen-bond donors (Lipinski definition) is 2. The molecule has 2 heterocycles. The zero-order chi connectivity index (χ0) is 23.2. The maximum Gasteiger partial charge on any atom is 0.257 e. The summed E-state index contributed by atoms with van der Waals surface area (Å²) in [4.78, 5) is 24.8. The van der Waals surface area contributed by atoms with E-state index in [9.17, 15) is 9.59 Å². The van der Waals surface area contributed by atoms with Crippen LogP contribution in [0.1, 0.15) is 10.4 Å². The van der Waals surface area contributed by atoms with Crippen LogP contribution in [-0.2, 0) is 4.79 Å². The number of fused-ring (bicyclic) bond motifs is 1. The van der Waals surface area contributed by atoms with E-state index in [-0.39, 0.29) is 17.6 Å². The van der Waals surface area contributed by atoms with Gasteiger partial charge in [0.2, 0.25) is 11.0 Å². The van der Waals surface area contributed by atoms with Crippen LogP contribution in [-0.4, -0.2) is 55.2 Å². The van der Waals surface area contributed by atoms with E-state index in [0.29, 0.717) is 56.9 Å². The lowest BCUT2D eigenvalue weighted by Gasteiger charge is -2.18. The van der Waals surface area contributed by atoms with Crippen LogP contribution in [0.15, 0.2) is 40.7 Å². The van der Waals surface area contributed by atoms with Crippen LogP contribution in [0.5, 0.6) is 23.0 Å². The zero-order valence-electron chi connectivity index (χ0n) is 17.7. The quantitative estimate of drug-likeness (QED) is 0.363. The van der Waals surface area contributed by atoms with Crippen molar-refractivity contribution in [2.45, 2.75) is 4.34 Å². The zero-order valence-corrected chi connectivity index (χ0v) is 19.4. The van der Waals surface area contributed by atoms with Gasteiger partial charge in [0, 0.05) is 17.3 Å². The van der Waals surface area contributed by atoms with Gasteiger partial charge in [0.25, 0.3) is 5.91 Å². The molecule has 1 aromatic heterocycles. The van der Waals surface area contributed by atoms with Crippen LogP contribution in [0.2, 0.25) is 0 Å². The molecule has 3 aromatic rings. The number of carbonyl (C=O) groups is 2. The number of ether oxygens (including phenoxy) is 4. The van der Waals surface area contributed by atoms with Crippen molar-refractivity contribution in [3.8, 4) is 23.0 Å². The van der Waals surface area contributed by atoms with Gasteiger partial charge in [0.1, 0.15) is 13.2 Å². The van der Waals surface area contributed by atoms with Crippen molar-refractivity contribution < 1.29 is 28.5 Å². The molecule has 2 amide bonds. The van der Waals surface area contributed by atoms with Gasteiger partial charge >= 0.3 is 0 Å². The van der Waals surface area contributed by atoms with Gasteiger partial charge in [-0.1, -0.05) is 23.1 Å². The molecule has 0 radical (unpaired) electrons. The maximum atomic E-state index is 12.5. The van der Waals surface area contributed by atoms with Gasteiger partial charge in [-0.25, -0.2) is 0 Å². The summed E-state index contributed by atoms with van der Waals surface area (Å²) in [7, 11) is 3.02. The van der Waals surface area contributed by atoms with Gasteiger partial charge in [0.15, 0.2) is 27.3 Å². The van der Waals surface area contributed by atoms with Crippen molar-refractivity contribution in [1.82, 2.24) is 10.2 Å². The van der Waals surface area contributed by atoms with Gasteiger partial charge in [-0.3, -0.25) is 14.9 Å². The molecule has 0 bridgehead atoms. The Hall–Kier alpha value is -3.51. The molecule has 172 valence electrons. The highest BCUT2D eigenvalue weighted by atomic mass is 32.2. The highest BCUT2D eigenvalue weighted by Gasteiger charge is 2.15. The van der Waals surface area contributed by atoms with Crippen molar-refractivity contribution in [2.24, 2.45) is 0 Å². The number of nitrogens with one attached hydrogen (secondary N) is 2. The minimum absolute atomic E-state index is 0.132. The Morgan fingerprint density at radius 3 is 2.58 bits per heavy atom. The molecule has 33 heavy (non-hydrogen) atoms. The van der Waals surface area contributed by atoms with E-state index in [0.717, 1.165) is 0 Å². The number of carbonyl (C=O) groups excluding carboxylic acids is 2. The second kappa shape index (κ2) is 10.4. The normalized spacial score (nSPS) is 12.1. The van der Waals surface area contributed by atoms with Crippen molar-refractivity contribution >= 4 is 45.7 Å². The molecule has 0 saturated heterocycles. The van der Waals surface area contributed by atoms with E-state index in [1.165, 1.54) is 37.3 Å². The van der Waals surface area contributed by atoms with Crippen LogP contribution >= 0.6 is 23.1 Å². The molecule has 2 aromatic carbocycles. The van der Waals surface area contributed by atoms with Crippen molar-refractivity contribution in [2.75, 3.05) is 43.8 Å². The first-order valence-electron chi connectivity index (χ1n) is 9.75. The Balaban J connectivity index is 1.30. The highest BCUT2D eigenvalue weighted by molar-refractivity contribution is 8.01. The molecule has 0 atom stereocenters. The van der Waals surface area contributed by atoms with Crippen LogP contribution in [0.4, 0.5) is 10.8 Å². The van der Waals surface area contributed by atoms with E-state index >= 15 is 0 Å². The summed E-state index contributed by atoms with van der Waals surface area (Å²) in [6, 6.07) is 10.1. The Kier molecular flexibility index (Phi) is 7.15. The number of methoxy groups -OCH3 is 2. The monoisotopic (exact) mass is 488 g/mol. The lowest BCUT2D eigenvalue weighted by Crippen LogP contribution is -2.17. The first-order valence-corrected chi connectivity index (χ1v) is 11.5. The molecule has 0 aliphatic carbocycles. The number of benzene rings is 2. The fourth-order valence-corrected chi connectivity index (χ4v) is 4.46. The average Bonchev–Trinajstić information content (AvgIpc) is 3.29. The number of anilines is 2. The topological polar surface area (TPSA) is 121 Å². The lowest BCUT2D eigenvalue weighted by atomic mass is 10.2. The van der Waals surface area contributed by atoms with E-state index in [4.69, 9.17) is 18.9 Å². The van der Waals surface area contributed by atoms with Gasteiger partial charge in [0.05, 0.1) is 20.0 Å². The summed E-state index contributed by atoms with van der Waals surface area (Å²) in [5.41, 5.74) is 1.00. The number of thioether (sulfide) groups is 1. The molecule has 0 spiro atoms. The molecule has 0 saturated carbocycles. The predicted octanol–water partition coefficient (Wildman–Crippen LogP) is 3.31. The molecule has 1 aliphatic heterocycles. The molecule has 12 heteroatoms. The van der Waals surface area contributed by atoms with Gasteiger partial charge < -0.3 is 24.3 Å². The average molecular weight is 489 g/mol. The van der Waals surface area contributed by atoms with Crippen LogP contribution in [0.3, 0.4) is 0 Å². The van der Waals surface area contributed by atoms with Gasteiger partial charge in [-0.15, -0.1) is 10.2 Å². The molecule has 0 unspecified atom stereocenters. The third-order valence-electron chi connectivity index (χ3n) is 4.43. The number of aromatic nitrogens is 2. The highest BCUT2D eigenvalue weighted by Crippen LogP contribution is 2.33. The van der Waals surface area contributed by atoms with E-state index in [1.54, 1.807) is 36.4 Å². The summed E-state index contributed by atoms with van der Waals surface area (Å²) in [5, 5.41) is 13.8. The van der Waals surface area contributed by atoms with E-state index in [2.05, 4.69) is 20.8 Å². The minimum atomic E-state index is -0.361. The second-order valence-electron chi connectivity index (χ2n) is 6.59. The standard InChI is InChI=1S/C21H20N4O6S2/c1-28-14-5-3-12(9-16(14)29-2)19(27)23-20-24-25-21(33-20)32-11-18(26)22-13-4-6-15-17(10-13)31-8-7-30-15/h3-6,9-10H,7-8,11H2,1-2H3,(H,22,26)(H,23,24,27). The third kappa shape index (κ3) is 5.65. The number of hydrogen-bond acceptors (Lipinski definition) is 10. The van der Waals surface area contributed by atoms with Crippen molar-refractivity contribution in [1.29, 1.82) is 0 Å². The summed E-state index contributed by atoms with van der Waals surface area (Å²) < 4.78 is 21.9. The maximum absolute atomic E-state index is 12.5. The molecule has 2 N–H and O–H groups in total. The Morgan fingerprint density at radius 2 is 1.79 bits per heavy atom. The summed E-state index contributed by atoms with van der Waals surface area (Å²) in [6.45, 7) is 0.982. The summed E-state index contributed by atoms with van der Waals surface area (Å²) >= 11 is 2.40. The van der Waals surface area contributed by atoms with E-state index < -0.39 is 0 Å². The number of rotatable bonds is 8. The Morgan fingerprint density at radius 1 is 1.00 bits per heavy atom. The van der Waals surface area contributed by atoms with Gasteiger partial charge in [-0.2, -0.15) is 0 Å². The van der Waals surface area contributed by atoms with Crippen molar-refractivity contribution in [3.63, 3.8) is 0 Å². The van der Waals surface area contributed by atoms with Crippen LogP contribution in [0, 0.1) is 0 Å². The first-order chi connectivity index (χ1) is 16.1. The largest absolute Gasteiger partial charge is 0.493 e. The molecule has 10 nitrogen and oxygen atoms in total. The van der Waals surface area contributed by atoms with Crippen LogP contribution in [0.25, 0.3) is 0 Å². The summed E-state index contributed by atoms with van der Waals surface area (Å²) in [5.74, 6) is 1.80. The number of nitrogens with zero attached hydrogens (tertiary/aromatic N) is 2. The smallest absolute Gasteiger partial charge is 0.257 e. The third-order valence-corrected chi connectivity index (χ3v) is 6.40. The summed E-state index contributed by atoms with van der Waals surface area (Å²) in [6.07, 6.45) is 0. The molecular formula is C21H20N4O6S2. The molecule has 4 rings (SSSR count).